The number of carboxylic acids is 1. The van der Waals surface area contributed by atoms with Crippen LogP contribution in [0, 0.1) is 0 Å². The zero-order chi connectivity index (χ0) is 15.6. The van der Waals surface area contributed by atoms with E-state index in [4.69, 9.17) is 4.74 Å². The Balaban J connectivity index is 2.29. The minimum Gasteiger partial charge on any atom is -0.480 e. The summed E-state index contributed by atoms with van der Waals surface area (Å²) in [5, 5.41) is 9.35. The molecule has 1 aliphatic rings. The molecule has 1 heterocycles. The topological polar surface area (TPSA) is 66.8 Å². The van der Waals surface area contributed by atoms with E-state index in [-0.39, 0.29) is 6.04 Å². The van der Waals surface area contributed by atoms with E-state index in [2.05, 4.69) is 0 Å². The molecule has 0 aliphatic carbocycles. The van der Waals surface area contributed by atoms with Crippen LogP contribution in [0.15, 0.2) is 30.3 Å². The van der Waals surface area contributed by atoms with Crippen molar-refractivity contribution in [3.8, 4) is 0 Å². The molecule has 0 saturated carbocycles. The lowest BCUT2D eigenvalue weighted by atomic mass is 10.1. The third kappa shape index (κ3) is 3.54. The van der Waals surface area contributed by atoms with Crippen molar-refractivity contribution in [1.82, 2.24) is 4.90 Å². The fourth-order valence-corrected chi connectivity index (χ4v) is 2.63. The lowest BCUT2D eigenvalue weighted by Crippen LogP contribution is -2.44. The summed E-state index contributed by atoms with van der Waals surface area (Å²) in [6.45, 7) is 5.32. The van der Waals surface area contributed by atoms with Gasteiger partial charge in [0.2, 0.25) is 0 Å². The Kier molecular flexibility index (Phi) is 4.21. The van der Waals surface area contributed by atoms with Crippen LogP contribution >= 0.6 is 0 Å². The van der Waals surface area contributed by atoms with Crippen LogP contribution in [-0.2, 0) is 9.53 Å². The highest BCUT2D eigenvalue weighted by Gasteiger charge is 2.43. The molecule has 1 aromatic carbocycles. The van der Waals surface area contributed by atoms with Crippen LogP contribution in [0.5, 0.6) is 0 Å². The van der Waals surface area contributed by atoms with Crippen LogP contribution in [0.3, 0.4) is 0 Å². The zero-order valence-electron chi connectivity index (χ0n) is 12.6. The first-order valence-corrected chi connectivity index (χ1v) is 7.08. The van der Waals surface area contributed by atoms with Crippen molar-refractivity contribution in [3.05, 3.63) is 35.9 Å². The molecule has 114 valence electrons. The number of rotatable bonds is 2. The number of ether oxygens (including phenoxy) is 1. The minimum absolute atomic E-state index is 0.248. The van der Waals surface area contributed by atoms with Gasteiger partial charge in [0.05, 0.1) is 6.04 Å². The number of hydrogen-bond donors (Lipinski definition) is 1. The normalized spacial score (nSPS) is 22.1. The smallest absolute Gasteiger partial charge is 0.411 e. The highest BCUT2D eigenvalue weighted by molar-refractivity contribution is 5.81. The third-order valence-electron chi connectivity index (χ3n) is 3.46. The van der Waals surface area contributed by atoms with Crippen molar-refractivity contribution in [2.75, 3.05) is 0 Å². The molecule has 0 aromatic heterocycles. The molecule has 2 atom stereocenters. The van der Waals surface area contributed by atoms with Gasteiger partial charge in [-0.2, -0.15) is 0 Å². The van der Waals surface area contributed by atoms with E-state index in [0.29, 0.717) is 12.8 Å². The van der Waals surface area contributed by atoms with E-state index >= 15 is 0 Å². The van der Waals surface area contributed by atoms with Gasteiger partial charge in [-0.3, -0.25) is 4.90 Å². The van der Waals surface area contributed by atoms with Crippen molar-refractivity contribution in [2.45, 2.75) is 51.3 Å². The second-order valence-corrected chi connectivity index (χ2v) is 6.25. The second-order valence-electron chi connectivity index (χ2n) is 6.25. The molecule has 21 heavy (non-hydrogen) atoms. The molecular weight excluding hydrogens is 270 g/mol. The van der Waals surface area contributed by atoms with Crippen LogP contribution in [0.4, 0.5) is 4.79 Å². The average Bonchev–Trinajstić information content (AvgIpc) is 2.82. The number of aliphatic carboxylic acids is 1. The van der Waals surface area contributed by atoms with Crippen molar-refractivity contribution in [1.29, 1.82) is 0 Å². The van der Waals surface area contributed by atoms with Crippen LogP contribution < -0.4 is 0 Å². The monoisotopic (exact) mass is 291 g/mol. The van der Waals surface area contributed by atoms with Crippen molar-refractivity contribution in [3.63, 3.8) is 0 Å². The summed E-state index contributed by atoms with van der Waals surface area (Å²) in [7, 11) is 0. The van der Waals surface area contributed by atoms with Gasteiger partial charge in [-0.05, 0) is 39.2 Å². The summed E-state index contributed by atoms with van der Waals surface area (Å²) in [6.07, 6.45) is 0.496. The lowest BCUT2D eigenvalue weighted by Gasteiger charge is -2.31. The zero-order valence-corrected chi connectivity index (χ0v) is 12.6. The maximum atomic E-state index is 12.4. The number of likely N-dealkylation sites (tertiary alicyclic amines) is 1. The number of amides is 1. The minimum atomic E-state index is -0.987. The Bertz CT molecular complexity index is 521. The van der Waals surface area contributed by atoms with Crippen molar-refractivity contribution < 1.29 is 19.4 Å². The number of hydrogen-bond acceptors (Lipinski definition) is 3. The maximum absolute atomic E-state index is 12.4. The molecule has 1 N–H and O–H groups in total. The highest BCUT2D eigenvalue weighted by Crippen LogP contribution is 2.37. The molecule has 1 aromatic rings. The summed E-state index contributed by atoms with van der Waals surface area (Å²) < 4.78 is 5.38. The fraction of sp³-hybridized carbons (Fsp3) is 0.500. The van der Waals surface area contributed by atoms with Crippen LogP contribution in [0.1, 0.15) is 45.2 Å². The molecule has 1 saturated heterocycles. The van der Waals surface area contributed by atoms with Crippen molar-refractivity contribution in [2.24, 2.45) is 0 Å². The van der Waals surface area contributed by atoms with Crippen LogP contribution in [0.25, 0.3) is 0 Å². The Hall–Kier alpha value is -2.04. The number of benzene rings is 1. The lowest BCUT2D eigenvalue weighted by molar-refractivity contribution is -0.142. The highest BCUT2D eigenvalue weighted by atomic mass is 16.6. The summed E-state index contributed by atoms with van der Waals surface area (Å²) in [5.41, 5.74) is 0.288. The van der Waals surface area contributed by atoms with E-state index in [9.17, 15) is 14.7 Å². The maximum Gasteiger partial charge on any atom is 0.411 e. The average molecular weight is 291 g/mol. The largest absolute Gasteiger partial charge is 0.480 e. The summed E-state index contributed by atoms with van der Waals surface area (Å²) in [6, 6.07) is 8.41. The number of carboxylic acid groups (broad SMARTS) is 1. The predicted octanol–water partition coefficient (Wildman–Crippen LogP) is 3.21. The van der Waals surface area contributed by atoms with Gasteiger partial charge < -0.3 is 9.84 Å². The van der Waals surface area contributed by atoms with E-state index < -0.39 is 23.7 Å². The molecule has 2 rings (SSSR count). The molecule has 5 heteroatoms. The van der Waals surface area contributed by atoms with Gasteiger partial charge in [0.25, 0.3) is 0 Å². The van der Waals surface area contributed by atoms with Crippen LogP contribution in [-0.4, -0.2) is 33.7 Å². The van der Waals surface area contributed by atoms with Gasteiger partial charge in [0.15, 0.2) is 0 Å². The van der Waals surface area contributed by atoms with Gasteiger partial charge in [-0.15, -0.1) is 0 Å². The molecule has 5 nitrogen and oxygen atoms in total. The van der Waals surface area contributed by atoms with Gasteiger partial charge in [0, 0.05) is 0 Å². The number of nitrogens with zero attached hydrogens (tertiary/aromatic N) is 1. The Morgan fingerprint density at radius 1 is 1.19 bits per heavy atom. The summed E-state index contributed by atoms with van der Waals surface area (Å²) in [4.78, 5) is 25.2. The molecule has 0 unspecified atom stereocenters. The van der Waals surface area contributed by atoms with E-state index in [1.807, 2.05) is 30.3 Å². The molecule has 1 aliphatic heterocycles. The van der Waals surface area contributed by atoms with Gasteiger partial charge in [0.1, 0.15) is 11.6 Å². The Morgan fingerprint density at radius 2 is 1.81 bits per heavy atom. The first-order chi connectivity index (χ1) is 9.79. The van der Waals surface area contributed by atoms with E-state index in [1.165, 1.54) is 4.90 Å². The summed E-state index contributed by atoms with van der Waals surface area (Å²) in [5.74, 6) is -0.987. The molecule has 0 spiro atoms. The van der Waals surface area contributed by atoms with Crippen molar-refractivity contribution >= 4 is 12.1 Å². The Labute approximate surface area is 124 Å². The molecular formula is C16H21NO4. The van der Waals surface area contributed by atoms with E-state index in [0.717, 1.165) is 5.56 Å². The number of carbonyl (C=O) groups excluding carboxylic acids is 1. The molecule has 1 amide bonds. The number of carbonyl (C=O) groups is 2. The molecule has 0 bridgehead atoms. The fourth-order valence-electron chi connectivity index (χ4n) is 2.63. The first-order valence-electron chi connectivity index (χ1n) is 7.08. The predicted molar refractivity (Wildman–Crippen MR) is 77.9 cm³/mol. The standard InChI is InChI=1S/C16H21NO4/c1-16(2,3)21-15(20)17-12(9-10-13(17)14(18)19)11-7-5-4-6-8-11/h4-8,12-13H,9-10H2,1-3H3,(H,18,19)/t12-,13+/m1/s1. The third-order valence-corrected chi connectivity index (χ3v) is 3.46. The Morgan fingerprint density at radius 3 is 2.33 bits per heavy atom. The summed E-state index contributed by atoms with van der Waals surface area (Å²) >= 11 is 0. The molecule has 1 fully saturated rings. The van der Waals surface area contributed by atoms with Crippen LogP contribution in [0.2, 0.25) is 0 Å². The van der Waals surface area contributed by atoms with Gasteiger partial charge in [-0.25, -0.2) is 9.59 Å². The van der Waals surface area contributed by atoms with E-state index in [1.54, 1.807) is 20.8 Å². The second kappa shape index (κ2) is 5.76. The SMILES string of the molecule is CC(C)(C)OC(=O)N1[C@@H](c2ccccc2)CC[C@H]1C(=O)O. The molecule has 0 radical (unpaired) electrons. The first kappa shape index (κ1) is 15.4. The van der Waals surface area contributed by atoms with Gasteiger partial charge >= 0.3 is 12.1 Å². The quantitative estimate of drug-likeness (QED) is 0.908. The van der Waals surface area contributed by atoms with Gasteiger partial charge in [-0.1, -0.05) is 30.3 Å².